The SMILES string of the molecule is C=C/C=C\c1nc(-c2cc(-c3nc4ccccc4o3)cc(-c3cc(-c4ccc5c(c4)C(c4ccccc4)(c4ccccc4)c4ccccc4-5)cc4ccccc34)c2)oc1C. The van der Waals surface area contributed by atoms with Gasteiger partial charge in [0.25, 0.3) is 0 Å². The Morgan fingerprint density at radius 3 is 1.92 bits per heavy atom. The summed E-state index contributed by atoms with van der Waals surface area (Å²) in [5.41, 5.74) is 15.4. The normalized spacial score (nSPS) is 12.9. The third-order valence-corrected chi connectivity index (χ3v) is 11.9. The predicted molar refractivity (Wildman–Crippen MR) is 245 cm³/mol. The molecule has 4 nitrogen and oxygen atoms in total. The largest absolute Gasteiger partial charge is 0.441 e. The highest BCUT2D eigenvalue weighted by Crippen LogP contribution is 2.57. The zero-order chi connectivity index (χ0) is 40.2. The minimum Gasteiger partial charge on any atom is -0.441 e. The van der Waals surface area contributed by atoms with E-state index < -0.39 is 5.41 Å². The molecule has 2 heterocycles. The summed E-state index contributed by atoms with van der Waals surface area (Å²) in [6.45, 7) is 5.76. The smallest absolute Gasteiger partial charge is 0.227 e. The number of fused-ring (bicyclic) bond motifs is 5. The monoisotopic (exact) mass is 770 g/mol. The van der Waals surface area contributed by atoms with E-state index in [4.69, 9.17) is 18.8 Å². The first kappa shape index (κ1) is 35.4. The van der Waals surface area contributed by atoms with Crippen LogP contribution >= 0.6 is 0 Å². The molecule has 0 saturated carbocycles. The molecule has 4 heteroatoms. The van der Waals surface area contributed by atoms with Gasteiger partial charge in [0, 0.05) is 11.1 Å². The van der Waals surface area contributed by atoms with Crippen LogP contribution < -0.4 is 0 Å². The molecule has 0 aliphatic heterocycles. The molecule has 1 aliphatic carbocycles. The molecule has 11 rings (SSSR count). The van der Waals surface area contributed by atoms with Crippen molar-refractivity contribution in [3.8, 4) is 56.3 Å². The lowest BCUT2D eigenvalue weighted by molar-refractivity contribution is 0.542. The Morgan fingerprint density at radius 2 is 1.15 bits per heavy atom. The zero-order valence-electron chi connectivity index (χ0n) is 33.0. The van der Waals surface area contributed by atoms with Gasteiger partial charge < -0.3 is 8.83 Å². The van der Waals surface area contributed by atoms with Gasteiger partial charge in [0.15, 0.2) is 5.58 Å². The van der Waals surface area contributed by atoms with Crippen molar-refractivity contribution >= 4 is 27.9 Å². The number of aromatic nitrogens is 2. The van der Waals surface area contributed by atoms with Crippen LogP contribution in [0.1, 0.15) is 33.7 Å². The van der Waals surface area contributed by atoms with Gasteiger partial charge >= 0.3 is 0 Å². The molecular formula is C56H38N2O2. The van der Waals surface area contributed by atoms with E-state index in [0.717, 1.165) is 66.7 Å². The van der Waals surface area contributed by atoms with Crippen LogP contribution in [0.3, 0.4) is 0 Å². The number of oxazole rings is 2. The molecule has 10 aromatic rings. The molecule has 0 fully saturated rings. The lowest BCUT2D eigenvalue weighted by Crippen LogP contribution is -2.28. The molecule has 0 unspecified atom stereocenters. The maximum Gasteiger partial charge on any atom is 0.227 e. The van der Waals surface area contributed by atoms with Crippen molar-refractivity contribution in [1.29, 1.82) is 0 Å². The van der Waals surface area contributed by atoms with Crippen molar-refractivity contribution in [1.82, 2.24) is 9.97 Å². The van der Waals surface area contributed by atoms with Crippen molar-refractivity contribution in [3.05, 3.63) is 234 Å². The summed E-state index contributed by atoms with van der Waals surface area (Å²) in [6.07, 6.45) is 5.52. The van der Waals surface area contributed by atoms with Gasteiger partial charge in [-0.25, -0.2) is 9.97 Å². The van der Waals surface area contributed by atoms with E-state index in [-0.39, 0.29) is 0 Å². The molecule has 0 spiro atoms. The molecule has 0 amide bonds. The van der Waals surface area contributed by atoms with Crippen LogP contribution in [0.2, 0.25) is 0 Å². The first-order chi connectivity index (χ1) is 29.6. The maximum atomic E-state index is 6.38. The molecule has 60 heavy (non-hydrogen) atoms. The first-order valence-electron chi connectivity index (χ1n) is 20.3. The molecule has 284 valence electrons. The summed E-state index contributed by atoms with van der Waals surface area (Å²) in [4.78, 5) is 9.84. The van der Waals surface area contributed by atoms with Gasteiger partial charge in [-0.1, -0.05) is 152 Å². The first-order valence-corrected chi connectivity index (χ1v) is 20.3. The number of hydrogen-bond donors (Lipinski definition) is 0. The van der Waals surface area contributed by atoms with Gasteiger partial charge in [0.1, 0.15) is 17.0 Å². The van der Waals surface area contributed by atoms with E-state index in [0.29, 0.717) is 11.8 Å². The van der Waals surface area contributed by atoms with E-state index in [2.05, 4.69) is 164 Å². The summed E-state index contributed by atoms with van der Waals surface area (Å²) in [5, 5.41) is 2.28. The average molecular weight is 771 g/mol. The van der Waals surface area contributed by atoms with Crippen LogP contribution in [0, 0.1) is 6.92 Å². The molecule has 0 saturated heterocycles. The number of rotatable bonds is 8. The second-order valence-electron chi connectivity index (χ2n) is 15.4. The molecule has 0 atom stereocenters. The molecule has 8 aromatic carbocycles. The Hall–Kier alpha value is -7.82. The van der Waals surface area contributed by atoms with Gasteiger partial charge in [-0.05, 0) is 128 Å². The third kappa shape index (κ3) is 5.68. The maximum absolute atomic E-state index is 6.38. The molecule has 0 radical (unpaired) electrons. The number of para-hydroxylation sites is 2. The number of aryl methyl sites for hydroxylation is 1. The van der Waals surface area contributed by atoms with Gasteiger partial charge in [-0.15, -0.1) is 0 Å². The standard InChI is InChI=1S/C56H38N2O2/c1-3-4-25-51-36(2)59-54(57-51)41-31-40(32-42(33-41)55-58-52-26-15-16-27-53(52)60-55)48-34-39(30-38-17-11-12-22-45(38)48)37-28-29-47-46-23-13-14-24-49(46)56(50(47)35-37,43-18-7-5-8-19-43)44-20-9-6-10-21-44/h3-35H,1H2,2H3/b25-4-. The van der Waals surface area contributed by atoms with Crippen molar-refractivity contribution in [2.75, 3.05) is 0 Å². The number of allylic oxidation sites excluding steroid dienone is 2. The molecule has 0 bridgehead atoms. The van der Waals surface area contributed by atoms with Crippen molar-refractivity contribution < 1.29 is 8.83 Å². The lowest BCUT2D eigenvalue weighted by Gasteiger charge is -2.34. The highest BCUT2D eigenvalue weighted by molar-refractivity contribution is 6.01. The third-order valence-electron chi connectivity index (χ3n) is 11.9. The quantitative estimate of drug-likeness (QED) is 0.144. The van der Waals surface area contributed by atoms with Crippen molar-refractivity contribution in [2.45, 2.75) is 12.3 Å². The fourth-order valence-electron chi connectivity index (χ4n) is 9.21. The number of hydrogen-bond acceptors (Lipinski definition) is 4. The molecular weight excluding hydrogens is 733 g/mol. The Kier molecular flexibility index (Phi) is 8.38. The van der Waals surface area contributed by atoms with Gasteiger partial charge in [-0.3, -0.25) is 0 Å². The van der Waals surface area contributed by atoms with Crippen LogP contribution in [0.15, 0.2) is 210 Å². The van der Waals surface area contributed by atoms with Crippen LogP contribution in [-0.2, 0) is 5.41 Å². The number of nitrogens with zero attached hydrogens (tertiary/aromatic N) is 2. The highest BCUT2D eigenvalue weighted by Gasteiger charge is 2.46. The van der Waals surface area contributed by atoms with E-state index in [9.17, 15) is 0 Å². The van der Waals surface area contributed by atoms with Crippen LogP contribution in [0.4, 0.5) is 0 Å². The average Bonchev–Trinajstić information content (AvgIpc) is 4.00. The summed E-state index contributed by atoms with van der Waals surface area (Å²) in [6, 6.07) is 65.3. The van der Waals surface area contributed by atoms with E-state index in [1.54, 1.807) is 6.08 Å². The second kappa shape index (κ2) is 14.2. The van der Waals surface area contributed by atoms with Gasteiger partial charge in [-0.2, -0.15) is 0 Å². The molecule has 1 aliphatic rings. The predicted octanol–water partition coefficient (Wildman–Crippen LogP) is 14.5. The van der Waals surface area contributed by atoms with Gasteiger partial charge in [0.05, 0.1) is 5.41 Å². The summed E-state index contributed by atoms with van der Waals surface area (Å²) < 4.78 is 12.7. The van der Waals surface area contributed by atoms with Crippen LogP contribution in [-0.4, -0.2) is 9.97 Å². The minimum atomic E-state index is -0.499. The topological polar surface area (TPSA) is 52.1 Å². The fourth-order valence-corrected chi connectivity index (χ4v) is 9.21. The Balaban J connectivity index is 1.14. The lowest BCUT2D eigenvalue weighted by atomic mass is 9.67. The zero-order valence-corrected chi connectivity index (χ0v) is 33.0. The molecule has 0 N–H and O–H groups in total. The Bertz CT molecular complexity index is 3220. The van der Waals surface area contributed by atoms with E-state index in [1.807, 2.05) is 43.3 Å². The van der Waals surface area contributed by atoms with Crippen molar-refractivity contribution in [2.24, 2.45) is 0 Å². The fraction of sp³-hybridized carbons (Fsp3) is 0.0357. The van der Waals surface area contributed by atoms with Crippen LogP contribution in [0.5, 0.6) is 0 Å². The number of benzene rings is 8. The van der Waals surface area contributed by atoms with Crippen LogP contribution in [0.25, 0.3) is 84.2 Å². The summed E-state index contributed by atoms with van der Waals surface area (Å²) >= 11 is 0. The van der Waals surface area contributed by atoms with Gasteiger partial charge in [0.2, 0.25) is 11.8 Å². The summed E-state index contributed by atoms with van der Waals surface area (Å²) in [7, 11) is 0. The minimum absolute atomic E-state index is 0.499. The highest BCUT2D eigenvalue weighted by atomic mass is 16.4. The Labute approximate surface area is 348 Å². The molecule has 2 aromatic heterocycles. The summed E-state index contributed by atoms with van der Waals surface area (Å²) in [5.74, 6) is 1.78. The van der Waals surface area contributed by atoms with Crippen molar-refractivity contribution in [3.63, 3.8) is 0 Å². The Morgan fingerprint density at radius 1 is 0.500 bits per heavy atom. The van der Waals surface area contributed by atoms with E-state index >= 15 is 0 Å². The van der Waals surface area contributed by atoms with E-state index in [1.165, 1.54) is 33.4 Å². The second-order valence-corrected chi connectivity index (χ2v) is 15.4.